The molecule has 0 aliphatic carbocycles. The molecular formula is C10H19N3O4S. The summed E-state index contributed by atoms with van der Waals surface area (Å²) in [5, 5.41) is 6.44. The Hall–Kier alpha value is -1.15. The van der Waals surface area contributed by atoms with Crippen LogP contribution in [0, 0.1) is 5.92 Å². The van der Waals surface area contributed by atoms with Crippen molar-refractivity contribution in [3.8, 4) is 0 Å². The average molecular weight is 277 g/mol. The van der Waals surface area contributed by atoms with Crippen LogP contribution in [-0.4, -0.2) is 45.5 Å². The van der Waals surface area contributed by atoms with Gasteiger partial charge in [-0.1, -0.05) is 19.0 Å². The number of carbonyl (C=O) groups excluding carboxylic acids is 1. The number of carbonyl (C=O) groups is 1. The van der Waals surface area contributed by atoms with Crippen molar-refractivity contribution in [1.82, 2.24) is 10.0 Å². The molecule has 1 aliphatic heterocycles. The molecule has 1 rings (SSSR count). The first kappa shape index (κ1) is 14.9. The van der Waals surface area contributed by atoms with Gasteiger partial charge >= 0.3 is 0 Å². The predicted molar refractivity (Wildman–Crippen MR) is 67.6 cm³/mol. The Morgan fingerprint density at radius 1 is 1.50 bits per heavy atom. The molecule has 0 aromatic carbocycles. The first-order valence-electron chi connectivity index (χ1n) is 5.74. The van der Waals surface area contributed by atoms with E-state index in [2.05, 4.69) is 15.2 Å². The normalized spacial score (nSPS) is 19.6. The molecule has 1 aliphatic rings. The van der Waals surface area contributed by atoms with Crippen LogP contribution in [0.25, 0.3) is 0 Å². The van der Waals surface area contributed by atoms with Crippen LogP contribution in [0.1, 0.15) is 20.3 Å². The largest absolute Gasteiger partial charge is 0.382 e. The summed E-state index contributed by atoms with van der Waals surface area (Å²) >= 11 is 0. The maximum absolute atomic E-state index is 11.7. The van der Waals surface area contributed by atoms with Gasteiger partial charge in [0, 0.05) is 19.5 Å². The molecule has 0 bridgehead atoms. The topological polar surface area (TPSA) is 96.9 Å². The van der Waals surface area contributed by atoms with Gasteiger partial charge in [0.25, 0.3) is 5.91 Å². The first-order valence-corrected chi connectivity index (χ1v) is 7.63. The van der Waals surface area contributed by atoms with Gasteiger partial charge < -0.3 is 10.2 Å². The smallest absolute Gasteiger partial charge is 0.264 e. The molecule has 1 heterocycles. The molecule has 7 nitrogen and oxygen atoms in total. The van der Waals surface area contributed by atoms with Crippen molar-refractivity contribution >= 4 is 21.6 Å². The maximum Gasteiger partial charge on any atom is 0.264 e. The highest BCUT2D eigenvalue weighted by atomic mass is 32.2. The summed E-state index contributed by atoms with van der Waals surface area (Å²) in [6.07, 6.45) is 0.960. The second kappa shape index (κ2) is 6.14. The number of oxime groups is 1. The minimum absolute atomic E-state index is 0.162. The number of sulfonamides is 1. The molecule has 0 fully saturated rings. The van der Waals surface area contributed by atoms with Gasteiger partial charge in [-0.25, -0.2) is 13.1 Å². The number of hydrogen-bond donors (Lipinski definition) is 2. The lowest BCUT2D eigenvalue weighted by Crippen LogP contribution is -2.39. The summed E-state index contributed by atoms with van der Waals surface area (Å²) in [5.74, 6) is -0.0144. The van der Waals surface area contributed by atoms with Crippen molar-refractivity contribution in [1.29, 1.82) is 0 Å². The highest BCUT2D eigenvalue weighted by Gasteiger charge is 2.28. The molecule has 0 unspecified atom stereocenters. The molecule has 8 heteroatoms. The average Bonchev–Trinajstić information content (AvgIpc) is 2.72. The molecule has 0 spiro atoms. The Labute approximate surface area is 107 Å². The van der Waals surface area contributed by atoms with Gasteiger partial charge in [0.15, 0.2) is 0 Å². The maximum atomic E-state index is 11.7. The van der Waals surface area contributed by atoms with E-state index in [0.29, 0.717) is 6.42 Å². The van der Waals surface area contributed by atoms with Crippen LogP contribution in [0.3, 0.4) is 0 Å². The van der Waals surface area contributed by atoms with Gasteiger partial charge in [0.1, 0.15) is 0 Å². The number of amides is 1. The summed E-state index contributed by atoms with van der Waals surface area (Å²) in [7, 11) is -3.22. The van der Waals surface area contributed by atoms with Crippen LogP contribution in [0.5, 0.6) is 0 Å². The fourth-order valence-corrected chi connectivity index (χ4v) is 1.89. The quantitative estimate of drug-likeness (QED) is 0.637. The third-order valence-corrected chi connectivity index (χ3v) is 3.17. The highest BCUT2D eigenvalue weighted by molar-refractivity contribution is 7.88. The Kier molecular flexibility index (Phi) is 5.09. The van der Waals surface area contributed by atoms with E-state index < -0.39 is 16.1 Å². The summed E-state index contributed by atoms with van der Waals surface area (Å²) in [6.45, 7) is 4.36. The van der Waals surface area contributed by atoms with Crippen molar-refractivity contribution < 1.29 is 18.0 Å². The van der Waals surface area contributed by atoms with Crippen LogP contribution in [0.15, 0.2) is 5.16 Å². The van der Waals surface area contributed by atoms with Gasteiger partial charge in [-0.2, -0.15) is 0 Å². The lowest BCUT2D eigenvalue weighted by Gasteiger charge is -2.09. The van der Waals surface area contributed by atoms with E-state index in [1.807, 2.05) is 13.8 Å². The number of hydrogen-bond acceptors (Lipinski definition) is 5. The van der Waals surface area contributed by atoms with Gasteiger partial charge in [-0.3, -0.25) is 4.79 Å². The summed E-state index contributed by atoms with van der Waals surface area (Å²) in [6, 6.07) is 0. The molecular weight excluding hydrogens is 258 g/mol. The van der Waals surface area contributed by atoms with E-state index in [4.69, 9.17) is 4.84 Å². The van der Waals surface area contributed by atoms with E-state index in [-0.39, 0.29) is 24.9 Å². The van der Waals surface area contributed by atoms with E-state index in [1.54, 1.807) is 0 Å². The lowest BCUT2D eigenvalue weighted by molar-refractivity contribution is -0.131. The number of nitrogens with zero attached hydrogens (tertiary/aromatic N) is 1. The zero-order valence-corrected chi connectivity index (χ0v) is 11.6. The van der Waals surface area contributed by atoms with E-state index >= 15 is 0 Å². The highest BCUT2D eigenvalue weighted by Crippen LogP contribution is 2.15. The van der Waals surface area contributed by atoms with Gasteiger partial charge in [-0.15, -0.1) is 0 Å². The summed E-state index contributed by atoms with van der Waals surface area (Å²) in [4.78, 5) is 16.7. The van der Waals surface area contributed by atoms with Crippen molar-refractivity contribution in [2.24, 2.45) is 11.1 Å². The third-order valence-electron chi connectivity index (χ3n) is 2.44. The van der Waals surface area contributed by atoms with Crippen molar-refractivity contribution in [2.75, 3.05) is 19.3 Å². The molecule has 0 radical (unpaired) electrons. The minimum atomic E-state index is -3.22. The molecule has 2 N–H and O–H groups in total. The first-order chi connectivity index (χ1) is 8.29. The van der Waals surface area contributed by atoms with Gasteiger partial charge in [0.2, 0.25) is 16.1 Å². The Balaban J connectivity index is 2.24. The molecule has 18 heavy (non-hydrogen) atoms. The van der Waals surface area contributed by atoms with Gasteiger partial charge in [-0.05, 0) is 5.92 Å². The van der Waals surface area contributed by atoms with Crippen LogP contribution < -0.4 is 10.0 Å². The second-order valence-electron chi connectivity index (χ2n) is 4.49. The Morgan fingerprint density at radius 2 is 2.17 bits per heavy atom. The molecule has 1 amide bonds. The third kappa shape index (κ3) is 5.01. The molecule has 0 aromatic heterocycles. The van der Waals surface area contributed by atoms with Crippen molar-refractivity contribution in [3.63, 3.8) is 0 Å². The van der Waals surface area contributed by atoms with Crippen molar-refractivity contribution in [2.45, 2.75) is 26.4 Å². The van der Waals surface area contributed by atoms with Crippen LogP contribution in [-0.2, 0) is 19.7 Å². The van der Waals surface area contributed by atoms with E-state index in [1.165, 1.54) is 0 Å². The van der Waals surface area contributed by atoms with Crippen LogP contribution >= 0.6 is 0 Å². The van der Waals surface area contributed by atoms with Crippen LogP contribution in [0.2, 0.25) is 0 Å². The molecule has 0 saturated carbocycles. The number of rotatable bonds is 6. The zero-order valence-electron chi connectivity index (χ0n) is 10.8. The Bertz CT molecular complexity index is 430. The second-order valence-corrected chi connectivity index (χ2v) is 6.33. The SMILES string of the molecule is CC(C)C1=NO[C@H](C(=O)NCCNS(C)(=O)=O)C1. The molecule has 0 saturated heterocycles. The van der Waals surface area contributed by atoms with E-state index in [9.17, 15) is 13.2 Å². The summed E-state index contributed by atoms with van der Waals surface area (Å²) < 4.78 is 23.8. The predicted octanol–water partition coefficient (Wildman–Crippen LogP) is -0.547. The number of nitrogens with one attached hydrogen (secondary N) is 2. The molecule has 104 valence electrons. The van der Waals surface area contributed by atoms with Gasteiger partial charge in [0.05, 0.1) is 12.0 Å². The monoisotopic (exact) mass is 277 g/mol. The minimum Gasteiger partial charge on any atom is -0.382 e. The fraction of sp³-hybridized carbons (Fsp3) is 0.800. The lowest BCUT2D eigenvalue weighted by atomic mass is 10.0. The Morgan fingerprint density at radius 3 is 2.67 bits per heavy atom. The van der Waals surface area contributed by atoms with Crippen molar-refractivity contribution in [3.05, 3.63) is 0 Å². The zero-order chi connectivity index (χ0) is 13.8. The summed E-state index contributed by atoms with van der Waals surface area (Å²) in [5.41, 5.74) is 0.865. The van der Waals surface area contributed by atoms with E-state index in [0.717, 1.165) is 12.0 Å². The standard InChI is InChI=1S/C10H19N3O4S/c1-7(2)8-6-9(17-13-8)10(14)11-4-5-12-18(3,15)16/h7,9,12H,4-6H2,1-3H3,(H,11,14)/t9-/m0/s1. The molecule has 0 aromatic rings. The van der Waals surface area contributed by atoms with Crippen LogP contribution in [0.4, 0.5) is 0 Å². The fourth-order valence-electron chi connectivity index (χ4n) is 1.41. The molecule has 1 atom stereocenters.